The maximum absolute atomic E-state index is 10.8. The summed E-state index contributed by atoms with van der Waals surface area (Å²) in [6.07, 6.45) is 8.00. The van der Waals surface area contributed by atoms with Crippen LogP contribution in [0.3, 0.4) is 0 Å². The molecule has 0 unspecified atom stereocenters. The summed E-state index contributed by atoms with van der Waals surface area (Å²) in [5.74, 6) is -1.10. The Morgan fingerprint density at radius 3 is 1.47 bits per heavy atom. The van der Waals surface area contributed by atoms with Crippen LogP contribution in [0.1, 0.15) is 20.7 Å². The minimum absolute atomic E-state index is 0.359. The van der Waals surface area contributed by atoms with Gasteiger partial charge in [0.05, 0.1) is 11.1 Å². The average Bonchev–Trinajstić information content (AvgIpc) is 2.41. The fraction of sp³-hybridized carbons (Fsp3) is 0. The van der Waals surface area contributed by atoms with Crippen LogP contribution in [0, 0.1) is 0 Å². The third-order valence-corrected chi connectivity index (χ3v) is 2.00. The molecule has 1 heterocycles. The van der Waals surface area contributed by atoms with E-state index in [1.807, 2.05) is 24.3 Å². The fourth-order valence-electron chi connectivity index (χ4n) is 1.14. The topological polar surface area (TPSA) is 43.4 Å². The van der Waals surface area contributed by atoms with Crippen LogP contribution < -0.4 is 0 Å². The van der Waals surface area contributed by atoms with Gasteiger partial charge < -0.3 is 4.74 Å². The molecule has 0 saturated heterocycles. The molecule has 1 aromatic rings. The number of esters is 2. The Balaban J connectivity index is 0.000000179. The molecule has 1 aliphatic heterocycles. The van der Waals surface area contributed by atoms with Gasteiger partial charge in [0.25, 0.3) is 0 Å². The van der Waals surface area contributed by atoms with Crippen LogP contribution >= 0.6 is 0 Å². The van der Waals surface area contributed by atoms with Crippen LogP contribution in [-0.2, 0) is 4.74 Å². The molecule has 1 aliphatic carbocycles. The Bertz CT molecular complexity index is 419. The fourth-order valence-corrected chi connectivity index (χ4v) is 1.14. The minimum atomic E-state index is -0.550. The Morgan fingerprint density at radius 1 is 0.733 bits per heavy atom. The Hall–Kier alpha value is -2.16. The first-order valence-electron chi connectivity index (χ1n) is 4.48. The summed E-state index contributed by atoms with van der Waals surface area (Å²) in [7, 11) is 0. The summed E-state index contributed by atoms with van der Waals surface area (Å²) in [6, 6.07) is 6.53. The molecule has 0 bridgehead atoms. The average molecular weight is 200 g/mol. The highest BCUT2D eigenvalue weighted by Gasteiger charge is 2.28. The third-order valence-electron chi connectivity index (χ3n) is 2.00. The minimum Gasteiger partial charge on any atom is -0.386 e. The molecule has 0 spiro atoms. The molecule has 2 aliphatic rings. The van der Waals surface area contributed by atoms with Crippen LogP contribution in [0.15, 0.2) is 48.6 Å². The zero-order valence-corrected chi connectivity index (χ0v) is 7.84. The molecule has 0 atom stereocenters. The van der Waals surface area contributed by atoms with Crippen LogP contribution in [0.25, 0.3) is 0 Å². The highest BCUT2D eigenvalue weighted by Crippen LogP contribution is 2.18. The summed E-state index contributed by atoms with van der Waals surface area (Å²) in [6.45, 7) is 0. The van der Waals surface area contributed by atoms with E-state index in [9.17, 15) is 9.59 Å². The van der Waals surface area contributed by atoms with Crippen molar-refractivity contribution in [2.75, 3.05) is 0 Å². The molecule has 74 valence electrons. The number of allylic oxidation sites excluding steroid dienone is 4. The molecule has 0 fully saturated rings. The highest BCUT2D eigenvalue weighted by molar-refractivity contribution is 6.14. The normalized spacial score (nSPS) is 14.9. The van der Waals surface area contributed by atoms with E-state index in [0.717, 1.165) is 0 Å². The lowest BCUT2D eigenvalue weighted by molar-refractivity contribution is 0.0444. The van der Waals surface area contributed by atoms with Crippen LogP contribution in [0.5, 0.6) is 0 Å². The van der Waals surface area contributed by atoms with Crippen molar-refractivity contribution in [2.45, 2.75) is 0 Å². The summed E-state index contributed by atoms with van der Waals surface area (Å²) in [5.41, 5.74) is 0.718. The van der Waals surface area contributed by atoms with Gasteiger partial charge in [-0.3, -0.25) is 0 Å². The molecule has 3 nitrogen and oxygen atoms in total. The number of cyclic esters (lactones) is 2. The second kappa shape index (κ2) is 3.92. The SMILES string of the molecule is C1=CC=C1.O=C1OC(=O)c2ccccc21. The predicted molar refractivity (Wildman–Crippen MR) is 54.5 cm³/mol. The van der Waals surface area contributed by atoms with Gasteiger partial charge in [0.15, 0.2) is 0 Å². The van der Waals surface area contributed by atoms with Crippen molar-refractivity contribution in [1.29, 1.82) is 0 Å². The zero-order valence-electron chi connectivity index (χ0n) is 7.84. The van der Waals surface area contributed by atoms with E-state index in [-0.39, 0.29) is 0 Å². The monoisotopic (exact) mass is 200 g/mol. The van der Waals surface area contributed by atoms with Crippen molar-refractivity contribution in [3.8, 4) is 0 Å². The Morgan fingerprint density at radius 2 is 1.13 bits per heavy atom. The molecule has 3 heteroatoms. The van der Waals surface area contributed by atoms with Crippen molar-refractivity contribution >= 4 is 11.9 Å². The standard InChI is InChI=1S/C8H4O3.C4H4/c9-7-5-3-1-2-4-6(5)8(10)11-7;1-2-4-3-1/h1-4H;1-4H. The first-order valence-corrected chi connectivity index (χ1v) is 4.48. The first kappa shape index (κ1) is 9.40. The van der Waals surface area contributed by atoms with Crippen molar-refractivity contribution in [3.05, 3.63) is 59.7 Å². The van der Waals surface area contributed by atoms with E-state index in [4.69, 9.17) is 0 Å². The number of benzene rings is 1. The summed E-state index contributed by atoms with van der Waals surface area (Å²) >= 11 is 0. The van der Waals surface area contributed by atoms with Crippen LogP contribution in [-0.4, -0.2) is 11.9 Å². The van der Waals surface area contributed by atoms with Crippen LogP contribution in [0.4, 0.5) is 0 Å². The van der Waals surface area contributed by atoms with Gasteiger partial charge in [-0.2, -0.15) is 0 Å². The summed E-state index contributed by atoms with van der Waals surface area (Å²) in [4.78, 5) is 21.7. The smallest absolute Gasteiger partial charge is 0.346 e. The molecule has 0 radical (unpaired) electrons. The summed E-state index contributed by atoms with van der Waals surface area (Å²) < 4.78 is 4.35. The quantitative estimate of drug-likeness (QED) is 0.476. The molecule has 15 heavy (non-hydrogen) atoms. The number of ether oxygens (including phenoxy) is 1. The number of fused-ring (bicyclic) bond motifs is 1. The van der Waals surface area contributed by atoms with Gasteiger partial charge in [0, 0.05) is 0 Å². The lowest BCUT2D eigenvalue weighted by Crippen LogP contribution is -1.96. The number of hydrogen-bond acceptors (Lipinski definition) is 3. The number of rotatable bonds is 0. The van der Waals surface area contributed by atoms with Gasteiger partial charge in [-0.1, -0.05) is 36.4 Å². The molecule has 0 N–H and O–H groups in total. The maximum atomic E-state index is 10.8. The van der Waals surface area contributed by atoms with E-state index in [2.05, 4.69) is 4.74 Å². The number of hydrogen-bond donors (Lipinski definition) is 0. The Labute approximate surface area is 86.7 Å². The number of carbonyl (C=O) groups excluding carboxylic acids is 2. The van der Waals surface area contributed by atoms with Crippen LogP contribution in [0.2, 0.25) is 0 Å². The maximum Gasteiger partial charge on any atom is 0.346 e. The molecular formula is C12H8O3. The van der Waals surface area contributed by atoms with Gasteiger partial charge in [-0.05, 0) is 12.1 Å². The highest BCUT2D eigenvalue weighted by atomic mass is 16.6. The van der Waals surface area contributed by atoms with Crippen molar-refractivity contribution in [3.63, 3.8) is 0 Å². The third kappa shape index (κ3) is 1.86. The van der Waals surface area contributed by atoms with E-state index in [1.165, 1.54) is 0 Å². The zero-order chi connectivity index (χ0) is 10.7. The van der Waals surface area contributed by atoms with Gasteiger partial charge in [0.1, 0.15) is 0 Å². The second-order valence-electron chi connectivity index (χ2n) is 2.99. The van der Waals surface area contributed by atoms with Gasteiger partial charge in [0.2, 0.25) is 0 Å². The lowest BCUT2D eigenvalue weighted by atomic mass is 10.1. The van der Waals surface area contributed by atoms with Gasteiger partial charge >= 0.3 is 11.9 Å². The van der Waals surface area contributed by atoms with E-state index >= 15 is 0 Å². The second-order valence-corrected chi connectivity index (χ2v) is 2.99. The number of carbonyl (C=O) groups is 2. The van der Waals surface area contributed by atoms with Crippen molar-refractivity contribution in [1.82, 2.24) is 0 Å². The van der Waals surface area contributed by atoms with E-state index in [1.54, 1.807) is 24.3 Å². The molecule has 0 aromatic heterocycles. The molecular weight excluding hydrogens is 192 g/mol. The van der Waals surface area contributed by atoms with Crippen molar-refractivity contribution in [2.24, 2.45) is 0 Å². The molecule has 0 saturated carbocycles. The van der Waals surface area contributed by atoms with E-state index in [0.29, 0.717) is 11.1 Å². The lowest BCUT2D eigenvalue weighted by Gasteiger charge is -1.86. The Kier molecular flexibility index (Phi) is 2.46. The van der Waals surface area contributed by atoms with Gasteiger partial charge in [-0.25, -0.2) is 9.59 Å². The van der Waals surface area contributed by atoms with E-state index < -0.39 is 11.9 Å². The molecule has 1 aromatic carbocycles. The van der Waals surface area contributed by atoms with Crippen molar-refractivity contribution < 1.29 is 14.3 Å². The van der Waals surface area contributed by atoms with Gasteiger partial charge in [-0.15, -0.1) is 0 Å². The first-order chi connectivity index (χ1) is 7.29. The predicted octanol–water partition coefficient (Wildman–Crippen LogP) is 2.11. The summed E-state index contributed by atoms with van der Waals surface area (Å²) in [5, 5.41) is 0. The molecule has 0 amide bonds. The molecule has 3 rings (SSSR count). The largest absolute Gasteiger partial charge is 0.386 e.